The predicted octanol–water partition coefficient (Wildman–Crippen LogP) is 20.8. The van der Waals surface area contributed by atoms with Gasteiger partial charge < -0.3 is 18.9 Å². The minimum absolute atomic E-state index is 0.375. The molecular formula is C86H55BN8. The van der Waals surface area contributed by atoms with Crippen LogP contribution in [0.1, 0.15) is 37.5 Å². The van der Waals surface area contributed by atoms with E-state index in [0.29, 0.717) is 22.5 Å². The van der Waals surface area contributed by atoms with Crippen molar-refractivity contribution in [2.24, 2.45) is 0 Å². The zero-order chi connectivity index (χ0) is 64.2. The van der Waals surface area contributed by atoms with Crippen molar-refractivity contribution in [2.75, 3.05) is 9.80 Å². The van der Waals surface area contributed by atoms with Crippen molar-refractivity contribution in [2.45, 2.75) is 26.2 Å². The summed E-state index contributed by atoms with van der Waals surface area (Å²) in [6.45, 7) is 23.7. The molecule has 13 aromatic carbocycles. The van der Waals surface area contributed by atoms with Crippen LogP contribution in [-0.2, 0) is 5.41 Å². The molecule has 0 fully saturated rings. The van der Waals surface area contributed by atoms with Crippen LogP contribution in [-0.4, -0.2) is 15.8 Å². The van der Waals surface area contributed by atoms with Crippen LogP contribution >= 0.6 is 0 Å². The molecule has 17 rings (SSSR count). The van der Waals surface area contributed by atoms with Gasteiger partial charge in [0.15, 0.2) is 0 Å². The number of nitriles is 2. The molecule has 0 unspecified atom stereocenters. The number of nitrogens with zero attached hydrogens (tertiary/aromatic N) is 8. The van der Waals surface area contributed by atoms with Crippen LogP contribution in [0.2, 0.25) is 0 Å². The molecular weight excluding hydrogens is 1160 g/mol. The summed E-state index contributed by atoms with van der Waals surface area (Å²) in [5.41, 5.74) is 24.9. The molecule has 0 N–H and O–H groups in total. The van der Waals surface area contributed by atoms with Gasteiger partial charge in [-0.05, 0) is 144 Å². The number of para-hydroxylation sites is 4. The molecule has 0 spiro atoms. The van der Waals surface area contributed by atoms with E-state index in [1.807, 2.05) is 48.5 Å². The number of aromatic nitrogens is 2. The average molecular weight is 1210 g/mol. The van der Waals surface area contributed by atoms with Crippen molar-refractivity contribution in [1.82, 2.24) is 9.13 Å². The van der Waals surface area contributed by atoms with Crippen molar-refractivity contribution >= 4 is 112 Å². The van der Waals surface area contributed by atoms with Crippen molar-refractivity contribution in [3.63, 3.8) is 0 Å². The SMILES string of the molecule is [C-]#[N+]c1cccc2c3cccc([N+]#[C-])c3n(-c3ccc4c(c3)N(c3ccc(-c5ccccc5)cc3-c3ccccc3)c3cc(C(C)(C)C)cc5c3B4c3ccc(-n4c6c(C#N)cccc6c6cccc(C#N)c64)cc3N5c3ccc(-c4ccccc4)cc3-c3ccccc3)c12. The van der Waals surface area contributed by atoms with Gasteiger partial charge >= 0.3 is 0 Å². The summed E-state index contributed by atoms with van der Waals surface area (Å²) >= 11 is 0. The van der Waals surface area contributed by atoms with Gasteiger partial charge in [0, 0.05) is 56.0 Å². The normalized spacial score (nSPS) is 12.3. The highest BCUT2D eigenvalue weighted by Gasteiger charge is 2.45. The molecule has 15 aromatic rings. The second-order valence-corrected chi connectivity index (χ2v) is 25.6. The van der Waals surface area contributed by atoms with E-state index >= 15 is 0 Å². The molecule has 0 atom stereocenters. The van der Waals surface area contributed by atoms with E-state index in [2.05, 4.69) is 292 Å². The Balaban J connectivity index is 1.03. The van der Waals surface area contributed by atoms with Gasteiger partial charge in [-0.25, -0.2) is 9.69 Å². The van der Waals surface area contributed by atoms with Crippen LogP contribution in [0, 0.1) is 35.8 Å². The zero-order valence-corrected chi connectivity index (χ0v) is 52.2. The smallest absolute Gasteiger partial charge is 0.252 e. The lowest BCUT2D eigenvalue weighted by molar-refractivity contribution is 0.590. The summed E-state index contributed by atoms with van der Waals surface area (Å²) in [5.74, 6) is 0. The minimum Gasteiger partial charge on any atom is -0.329 e. The molecule has 8 nitrogen and oxygen atoms in total. The highest BCUT2D eigenvalue weighted by molar-refractivity contribution is 7.00. The Morgan fingerprint density at radius 2 is 0.726 bits per heavy atom. The van der Waals surface area contributed by atoms with Crippen molar-refractivity contribution in [3.05, 3.63) is 319 Å². The molecule has 442 valence electrons. The Kier molecular flexibility index (Phi) is 12.9. The molecule has 0 saturated heterocycles. The summed E-state index contributed by atoms with van der Waals surface area (Å²) in [6, 6.07) is 103. The first-order chi connectivity index (χ1) is 46.6. The maximum absolute atomic E-state index is 11.0. The molecule has 2 aliphatic heterocycles. The number of fused-ring (bicyclic) bond motifs is 10. The molecule has 2 aromatic heterocycles. The largest absolute Gasteiger partial charge is 0.329 e. The fourth-order valence-corrected chi connectivity index (χ4v) is 15.0. The van der Waals surface area contributed by atoms with Crippen molar-refractivity contribution in [3.8, 4) is 68.0 Å². The Morgan fingerprint density at radius 3 is 1.12 bits per heavy atom. The van der Waals surface area contributed by atoms with Crippen LogP contribution in [0.5, 0.6) is 0 Å². The zero-order valence-electron chi connectivity index (χ0n) is 52.2. The second-order valence-electron chi connectivity index (χ2n) is 25.6. The van der Waals surface area contributed by atoms with Gasteiger partial charge in [0.2, 0.25) is 11.4 Å². The van der Waals surface area contributed by atoms with Crippen LogP contribution < -0.4 is 26.2 Å². The van der Waals surface area contributed by atoms with Crippen LogP contribution in [0.15, 0.2) is 279 Å². The first kappa shape index (κ1) is 56.1. The summed E-state index contributed by atoms with van der Waals surface area (Å²) in [4.78, 5) is 13.3. The predicted molar refractivity (Wildman–Crippen MR) is 392 cm³/mol. The molecule has 0 amide bonds. The Hall–Kier alpha value is -12.9. The van der Waals surface area contributed by atoms with Crippen LogP contribution in [0.3, 0.4) is 0 Å². The molecule has 95 heavy (non-hydrogen) atoms. The first-order valence-corrected chi connectivity index (χ1v) is 31.9. The second kappa shape index (κ2) is 21.9. The lowest BCUT2D eigenvalue weighted by Gasteiger charge is -2.46. The molecule has 0 saturated carbocycles. The van der Waals surface area contributed by atoms with Crippen LogP contribution in [0.25, 0.3) is 109 Å². The van der Waals surface area contributed by atoms with Gasteiger partial charge in [-0.15, -0.1) is 0 Å². The van der Waals surface area contributed by atoms with Crippen molar-refractivity contribution in [1.29, 1.82) is 10.5 Å². The standard InChI is InChI=1S/C86H55BN8/c1-86(2,3)62-48-79-81-80(49-62)95(76-45-39-59(55-24-12-7-13-25-55)47-70(76)57-28-16-9-17-29-57)78-51-64(93-84-67(34-20-36-73(84)90-4)68-35-21-37-74(91-5)85(68)93)41-43-72(78)87(81)71-42-40-63(92-82-60(52-88)30-18-32-65(82)66-33-19-31-61(53-89)83(66)92)50-77(71)94(79)75-44-38-58(54-22-10-6-11-23-54)46-69(75)56-26-14-8-15-27-56/h6-51H,1-3H3. The minimum atomic E-state index is -0.388. The van der Waals surface area contributed by atoms with E-state index in [0.717, 1.165) is 156 Å². The van der Waals surface area contributed by atoms with Gasteiger partial charge in [0.25, 0.3) is 6.71 Å². The number of benzene rings is 13. The number of anilines is 6. The Bertz CT molecular complexity index is 5400. The van der Waals surface area contributed by atoms with Crippen LogP contribution in [0.4, 0.5) is 45.5 Å². The van der Waals surface area contributed by atoms with Gasteiger partial charge in [0.05, 0.1) is 57.7 Å². The summed E-state index contributed by atoms with van der Waals surface area (Å²) < 4.78 is 4.29. The number of rotatable bonds is 8. The van der Waals surface area contributed by atoms with Gasteiger partial charge in [0.1, 0.15) is 12.1 Å². The maximum atomic E-state index is 11.0. The van der Waals surface area contributed by atoms with E-state index in [4.69, 9.17) is 13.1 Å². The quantitative estimate of drug-likeness (QED) is 0.112. The molecule has 0 aliphatic carbocycles. The topological polar surface area (TPSA) is 72.6 Å². The molecule has 0 radical (unpaired) electrons. The molecule has 9 heteroatoms. The summed E-state index contributed by atoms with van der Waals surface area (Å²) in [5, 5.41) is 25.6. The molecule has 0 bridgehead atoms. The van der Waals surface area contributed by atoms with E-state index in [9.17, 15) is 10.5 Å². The monoisotopic (exact) mass is 1210 g/mol. The van der Waals surface area contributed by atoms with E-state index in [1.165, 1.54) is 0 Å². The fourth-order valence-electron chi connectivity index (χ4n) is 15.0. The average Bonchev–Trinajstić information content (AvgIpc) is 0.942. The third-order valence-corrected chi connectivity index (χ3v) is 19.3. The number of hydrogen-bond acceptors (Lipinski definition) is 4. The molecule has 4 heterocycles. The third kappa shape index (κ3) is 8.73. The van der Waals surface area contributed by atoms with Gasteiger partial charge in [-0.1, -0.05) is 227 Å². The Labute approximate surface area is 551 Å². The molecule has 2 aliphatic rings. The lowest BCUT2D eigenvalue weighted by atomic mass is 9.33. The third-order valence-electron chi connectivity index (χ3n) is 19.3. The maximum Gasteiger partial charge on any atom is 0.252 e. The van der Waals surface area contributed by atoms with Crippen molar-refractivity contribution < 1.29 is 0 Å². The van der Waals surface area contributed by atoms with E-state index in [1.54, 1.807) is 0 Å². The Morgan fingerprint density at radius 1 is 0.347 bits per heavy atom. The summed E-state index contributed by atoms with van der Waals surface area (Å²) in [6.07, 6.45) is 0. The highest BCUT2D eigenvalue weighted by atomic mass is 15.2. The number of hydrogen-bond donors (Lipinski definition) is 0. The first-order valence-electron chi connectivity index (χ1n) is 31.9. The van der Waals surface area contributed by atoms with Gasteiger partial charge in [-0.2, -0.15) is 10.5 Å². The fraction of sp³-hybridized carbons (Fsp3) is 0.0465. The highest BCUT2D eigenvalue weighted by Crippen LogP contribution is 2.52. The van der Waals surface area contributed by atoms with Gasteiger partial charge in [-0.3, -0.25) is 0 Å². The van der Waals surface area contributed by atoms with E-state index < -0.39 is 0 Å². The lowest BCUT2D eigenvalue weighted by Crippen LogP contribution is -2.61. The summed E-state index contributed by atoms with van der Waals surface area (Å²) in [7, 11) is 0. The van der Waals surface area contributed by atoms with E-state index in [-0.39, 0.29) is 12.1 Å².